The van der Waals surface area contributed by atoms with E-state index in [1.54, 1.807) is 0 Å². The van der Waals surface area contributed by atoms with Crippen molar-refractivity contribution < 1.29 is 18.0 Å². The van der Waals surface area contributed by atoms with Gasteiger partial charge in [-0.2, -0.15) is 18.3 Å². The van der Waals surface area contributed by atoms with Crippen LogP contribution in [0, 0.1) is 0 Å². The first-order valence-electron chi connectivity index (χ1n) is 9.12. The molecule has 4 rings (SSSR count). The van der Waals surface area contributed by atoms with Crippen LogP contribution in [0.1, 0.15) is 21.6 Å². The van der Waals surface area contributed by atoms with E-state index in [2.05, 4.69) is 10.4 Å². The number of carbonyl (C=O) groups is 1. The zero-order chi connectivity index (χ0) is 22.2. The molecule has 1 N–H and O–H groups in total. The van der Waals surface area contributed by atoms with Crippen LogP contribution in [0.5, 0.6) is 0 Å². The predicted molar refractivity (Wildman–Crippen MR) is 114 cm³/mol. The van der Waals surface area contributed by atoms with Crippen LogP contribution < -0.4 is 5.32 Å². The number of hydrogen-bond donors (Lipinski definition) is 1. The van der Waals surface area contributed by atoms with Gasteiger partial charge in [0.15, 0.2) is 5.69 Å². The summed E-state index contributed by atoms with van der Waals surface area (Å²) in [5.74, 6) is -0.631. The zero-order valence-electron chi connectivity index (χ0n) is 15.8. The summed E-state index contributed by atoms with van der Waals surface area (Å²) in [6.07, 6.45) is -4.77. The SMILES string of the molecule is O=C(NCc1ccccc1)c1cccc2c1c(C(F)(F)F)nn2-c1ccc(Cl)c(Cl)c1. The first kappa shape index (κ1) is 21.2. The Balaban J connectivity index is 1.82. The van der Waals surface area contributed by atoms with E-state index in [1.807, 2.05) is 30.3 Å². The number of nitrogens with zero attached hydrogens (tertiary/aromatic N) is 2. The minimum absolute atomic E-state index is 0.118. The minimum Gasteiger partial charge on any atom is -0.348 e. The van der Waals surface area contributed by atoms with Crippen LogP contribution in [0.25, 0.3) is 16.6 Å². The molecule has 0 aliphatic rings. The average molecular weight is 464 g/mol. The van der Waals surface area contributed by atoms with Gasteiger partial charge in [0, 0.05) is 11.9 Å². The number of fused-ring (bicyclic) bond motifs is 1. The number of rotatable bonds is 4. The maximum atomic E-state index is 13.8. The van der Waals surface area contributed by atoms with Gasteiger partial charge in [0.1, 0.15) is 0 Å². The second-order valence-corrected chi connectivity index (χ2v) is 7.54. The van der Waals surface area contributed by atoms with Crippen molar-refractivity contribution in [3.05, 3.63) is 93.6 Å². The van der Waals surface area contributed by atoms with E-state index >= 15 is 0 Å². The van der Waals surface area contributed by atoms with E-state index in [0.29, 0.717) is 0 Å². The van der Waals surface area contributed by atoms with Crippen LogP contribution in [-0.4, -0.2) is 15.7 Å². The molecule has 4 aromatic rings. The van der Waals surface area contributed by atoms with Crippen molar-refractivity contribution in [2.45, 2.75) is 12.7 Å². The van der Waals surface area contributed by atoms with Gasteiger partial charge in [-0.05, 0) is 35.9 Å². The number of nitrogens with one attached hydrogen (secondary N) is 1. The van der Waals surface area contributed by atoms with E-state index in [-0.39, 0.29) is 38.7 Å². The molecule has 0 atom stereocenters. The third-order valence-electron chi connectivity index (χ3n) is 4.66. The molecule has 4 nitrogen and oxygen atoms in total. The molecular weight excluding hydrogens is 450 g/mol. The van der Waals surface area contributed by atoms with Crippen molar-refractivity contribution in [1.82, 2.24) is 15.1 Å². The van der Waals surface area contributed by atoms with E-state index < -0.39 is 17.8 Å². The molecule has 1 heterocycles. The predicted octanol–water partition coefficient (Wildman–Crippen LogP) is 6.28. The molecule has 1 amide bonds. The number of carbonyl (C=O) groups excluding carboxylic acids is 1. The number of benzene rings is 3. The fourth-order valence-electron chi connectivity index (χ4n) is 3.24. The van der Waals surface area contributed by atoms with Crippen LogP contribution in [0.15, 0.2) is 66.7 Å². The quantitative estimate of drug-likeness (QED) is 0.387. The summed E-state index contributed by atoms with van der Waals surface area (Å²) in [7, 11) is 0. The highest BCUT2D eigenvalue weighted by atomic mass is 35.5. The highest BCUT2D eigenvalue weighted by Gasteiger charge is 2.38. The second-order valence-electron chi connectivity index (χ2n) is 6.72. The summed E-state index contributed by atoms with van der Waals surface area (Å²) in [5.41, 5.74) is -0.0357. The molecule has 0 saturated carbocycles. The molecule has 0 aliphatic carbocycles. The normalized spacial score (nSPS) is 11.6. The molecule has 158 valence electrons. The Morgan fingerprint density at radius 3 is 2.39 bits per heavy atom. The Bertz CT molecular complexity index is 1270. The molecule has 0 saturated heterocycles. The number of amides is 1. The lowest BCUT2D eigenvalue weighted by Gasteiger charge is -2.09. The Kier molecular flexibility index (Phi) is 5.64. The van der Waals surface area contributed by atoms with Crippen molar-refractivity contribution in [3.63, 3.8) is 0 Å². The smallest absolute Gasteiger partial charge is 0.348 e. The first-order chi connectivity index (χ1) is 14.8. The van der Waals surface area contributed by atoms with Crippen molar-refractivity contribution in [3.8, 4) is 5.69 Å². The molecular formula is C22H14Cl2F3N3O. The van der Waals surface area contributed by atoms with E-state index in [9.17, 15) is 18.0 Å². The summed E-state index contributed by atoms with van der Waals surface area (Å²) in [6.45, 7) is 0.179. The van der Waals surface area contributed by atoms with Gasteiger partial charge < -0.3 is 5.32 Å². The zero-order valence-corrected chi connectivity index (χ0v) is 17.3. The van der Waals surface area contributed by atoms with Crippen molar-refractivity contribution >= 4 is 40.0 Å². The van der Waals surface area contributed by atoms with Crippen LogP contribution in [0.3, 0.4) is 0 Å². The van der Waals surface area contributed by atoms with Crippen molar-refractivity contribution in [2.75, 3.05) is 0 Å². The third-order valence-corrected chi connectivity index (χ3v) is 5.40. The van der Waals surface area contributed by atoms with E-state index in [4.69, 9.17) is 23.2 Å². The Hall–Kier alpha value is -3.03. The number of aromatic nitrogens is 2. The summed E-state index contributed by atoms with van der Waals surface area (Å²) in [4.78, 5) is 12.8. The highest BCUT2D eigenvalue weighted by Crippen LogP contribution is 2.37. The standard InChI is InChI=1S/C22H14Cl2F3N3O/c23-16-10-9-14(11-17(16)24)30-18-8-4-7-15(19(18)20(29-30)22(25,26)27)21(31)28-12-13-5-2-1-3-6-13/h1-11H,12H2,(H,28,31). The van der Waals surface area contributed by atoms with Crippen molar-refractivity contribution in [2.24, 2.45) is 0 Å². The average Bonchev–Trinajstić information content (AvgIpc) is 3.15. The summed E-state index contributed by atoms with van der Waals surface area (Å²) in [5, 5.41) is 6.59. The van der Waals surface area contributed by atoms with Crippen LogP contribution in [-0.2, 0) is 12.7 Å². The Morgan fingerprint density at radius 2 is 1.71 bits per heavy atom. The Labute approximate surface area is 185 Å². The summed E-state index contributed by atoms with van der Waals surface area (Å²) >= 11 is 12.0. The van der Waals surface area contributed by atoms with E-state index in [0.717, 1.165) is 10.2 Å². The lowest BCUT2D eigenvalue weighted by atomic mass is 10.1. The maximum Gasteiger partial charge on any atom is 0.435 e. The second kappa shape index (κ2) is 8.24. The highest BCUT2D eigenvalue weighted by molar-refractivity contribution is 6.42. The molecule has 31 heavy (non-hydrogen) atoms. The topological polar surface area (TPSA) is 46.9 Å². The van der Waals surface area contributed by atoms with E-state index in [1.165, 1.54) is 36.4 Å². The Morgan fingerprint density at radius 1 is 0.968 bits per heavy atom. The van der Waals surface area contributed by atoms with Gasteiger partial charge in [-0.25, -0.2) is 4.68 Å². The fourth-order valence-corrected chi connectivity index (χ4v) is 3.54. The first-order valence-corrected chi connectivity index (χ1v) is 9.88. The number of alkyl halides is 3. The fraction of sp³-hybridized carbons (Fsp3) is 0.0909. The van der Waals surface area contributed by atoms with Crippen LogP contribution in [0.2, 0.25) is 10.0 Å². The van der Waals surface area contributed by atoms with Gasteiger partial charge >= 0.3 is 6.18 Å². The van der Waals surface area contributed by atoms with Gasteiger partial charge in [0.05, 0.1) is 26.8 Å². The molecule has 0 unspecified atom stereocenters. The molecule has 0 bridgehead atoms. The summed E-state index contributed by atoms with van der Waals surface area (Å²) < 4.78 is 42.6. The molecule has 9 heteroatoms. The van der Waals surface area contributed by atoms with Crippen LogP contribution >= 0.6 is 23.2 Å². The largest absolute Gasteiger partial charge is 0.435 e. The summed E-state index contributed by atoms with van der Waals surface area (Å²) in [6, 6.07) is 17.8. The molecule has 3 aromatic carbocycles. The molecule has 1 aromatic heterocycles. The third kappa shape index (κ3) is 4.24. The van der Waals surface area contributed by atoms with Gasteiger partial charge in [0.2, 0.25) is 0 Å². The maximum absolute atomic E-state index is 13.8. The molecule has 0 aliphatic heterocycles. The number of halogens is 5. The van der Waals surface area contributed by atoms with Gasteiger partial charge in [-0.15, -0.1) is 0 Å². The minimum atomic E-state index is -4.77. The van der Waals surface area contributed by atoms with Gasteiger partial charge in [-0.1, -0.05) is 59.6 Å². The van der Waals surface area contributed by atoms with Gasteiger partial charge in [-0.3, -0.25) is 4.79 Å². The number of hydrogen-bond acceptors (Lipinski definition) is 2. The lowest BCUT2D eigenvalue weighted by molar-refractivity contribution is -0.140. The lowest BCUT2D eigenvalue weighted by Crippen LogP contribution is -2.23. The molecule has 0 fully saturated rings. The van der Waals surface area contributed by atoms with Crippen LogP contribution in [0.4, 0.5) is 13.2 Å². The van der Waals surface area contributed by atoms with Gasteiger partial charge in [0.25, 0.3) is 5.91 Å². The molecule has 0 radical (unpaired) electrons. The van der Waals surface area contributed by atoms with Crippen molar-refractivity contribution in [1.29, 1.82) is 0 Å². The monoisotopic (exact) mass is 463 g/mol. The molecule has 0 spiro atoms.